The van der Waals surface area contributed by atoms with Crippen molar-refractivity contribution in [3.8, 4) is 11.6 Å². The number of nitrogens with one attached hydrogen (secondary N) is 1. The predicted octanol–water partition coefficient (Wildman–Crippen LogP) is 4.03. The van der Waals surface area contributed by atoms with Crippen molar-refractivity contribution < 1.29 is 14.0 Å². The van der Waals surface area contributed by atoms with Crippen LogP contribution in [-0.4, -0.2) is 33.5 Å². The minimum atomic E-state index is -0.109. The van der Waals surface area contributed by atoms with E-state index < -0.39 is 0 Å². The van der Waals surface area contributed by atoms with Crippen LogP contribution in [0.2, 0.25) is 0 Å². The highest BCUT2D eigenvalue weighted by Crippen LogP contribution is 2.28. The molecular weight excluding hydrogens is 362 g/mol. The number of aromatic nitrogens is 2. The van der Waals surface area contributed by atoms with Crippen LogP contribution in [0, 0.1) is 12.8 Å². The average molecular weight is 388 g/mol. The largest absolute Gasteiger partial charge is 0.461 e. The molecule has 0 aliphatic heterocycles. The lowest BCUT2D eigenvalue weighted by molar-refractivity contribution is -0.119. The Hall–Kier alpha value is -2.15. The van der Waals surface area contributed by atoms with E-state index in [4.69, 9.17) is 4.42 Å². The van der Waals surface area contributed by atoms with Crippen LogP contribution in [0.4, 0.5) is 0 Å². The van der Waals surface area contributed by atoms with Gasteiger partial charge in [-0.15, -0.1) is 0 Å². The molecule has 1 N–H and O–H groups in total. The van der Waals surface area contributed by atoms with E-state index in [0.717, 1.165) is 19.3 Å². The number of hydrogen-bond donors (Lipinski definition) is 1. The number of carbonyl (C=O) groups is 2. The van der Waals surface area contributed by atoms with E-state index >= 15 is 0 Å². The third-order valence-corrected chi connectivity index (χ3v) is 5.92. The highest BCUT2D eigenvalue weighted by atomic mass is 32.2. The molecule has 1 amide bonds. The number of Topliss-reactive ketones (excluding diaryl/α,β-unsaturated/α-hetero) is 1. The van der Waals surface area contributed by atoms with E-state index in [1.165, 1.54) is 25.1 Å². The predicted molar refractivity (Wildman–Crippen MR) is 105 cm³/mol. The van der Waals surface area contributed by atoms with Gasteiger partial charge in [0.1, 0.15) is 5.03 Å². The summed E-state index contributed by atoms with van der Waals surface area (Å²) in [4.78, 5) is 33.4. The zero-order valence-electron chi connectivity index (χ0n) is 15.9. The number of nitrogens with zero attached hydrogens (tertiary/aromatic N) is 2. The summed E-state index contributed by atoms with van der Waals surface area (Å²) in [5.41, 5.74) is 1.06. The van der Waals surface area contributed by atoms with Crippen molar-refractivity contribution in [3.05, 3.63) is 29.7 Å². The van der Waals surface area contributed by atoms with Gasteiger partial charge < -0.3 is 9.73 Å². The van der Waals surface area contributed by atoms with E-state index in [-0.39, 0.29) is 23.5 Å². The van der Waals surface area contributed by atoms with Gasteiger partial charge in [-0.25, -0.2) is 9.97 Å². The molecule has 3 rings (SSSR count). The van der Waals surface area contributed by atoms with Gasteiger partial charge in [0.05, 0.1) is 23.3 Å². The van der Waals surface area contributed by atoms with Crippen molar-refractivity contribution in [2.75, 3.05) is 5.75 Å². The van der Waals surface area contributed by atoms with Crippen molar-refractivity contribution in [1.82, 2.24) is 15.3 Å². The Bertz CT molecular complexity index is 820. The SMILES string of the molecule is CC(=O)c1c(C)nc(-c2ccco2)nc1SCC(=O)N[C@H]1CCCC[C@H]1C. The van der Waals surface area contributed by atoms with Crippen LogP contribution in [0.15, 0.2) is 27.8 Å². The topological polar surface area (TPSA) is 85.1 Å². The molecule has 7 heteroatoms. The fraction of sp³-hybridized carbons (Fsp3) is 0.500. The van der Waals surface area contributed by atoms with Gasteiger partial charge in [-0.05, 0) is 44.7 Å². The Morgan fingerprint density at radius 3 is 2.74 bits per heavy atom. The van der Waals surface area contributed by atoms with E-state index in [2.05, 4.69) is 22.2 Å². The zero-order chi connectivity index (χ0) is 19.4. The molecule has 6 nitrogen and oxygen atoms in total. The third-order valence-electron chi connectivity index (χ3n) is 4.95. The number of carbonyl (C=O) groups excluding carboxylic acids is 2. The highest BCUT2D eigenvalue weighted by Gasteiger charge is 2.24. The Morgan fingerprint density at radius 2 is 2.07 bits per heavy atom. The summed E-state index contributed by atoms with van der Waals surface area (Å²) >= 11 is 1.27. The molecule has 144 valence electrons. The molecule has 0 radical (unpaired) electrons. The van der Waals surface area contributed by atoms with Crippen molar-refractivity contribution >= 4 is 23.5 Å². The number of aryl methyl sites for hydroxylation is 1. The summed E-state index contributed by atoms with van der Waals surface area (Å²) < 4.78 is 5.37. The number of hydrogen-bond acceptors (Lipinski definition) is 6. The molecule has 0 unspecified atom stereocenters. The summed E-state index contributed by atoms with van der Waals surface area (Å²) in [6.45, 7) is 5.46. The minimum absolute atomic E-state index is 0.0240. The second-order valence-electron chi connectivity index (χ2n) is 7.07. The standard InChI is InChI=1S/C20H25N3O3S/c1-12-7-4-5-8-15(12)22-17(25)11-27-20-18(14(3)24)13(2)21-19(23-20)16-9-6-10-26-16/h6,9-10,12,15H,4-5,7-8,11H2,1-3H3,(H,22,25)/t12-,15+/m1/s1. The summed E-state index contributed by atoms with van der Waals surface area (Å²) in [6.07, 6.45) is 6.14. The fourth-order valence-corrected chi connectivity index (χ4v) is 4.42. The maximum atomic E-state index is 12.4. The number of furan rings is 1. The molecule has 2 aromatic rings. The van der Waals surface area contributed by atoms with Crippen LogP contribution in [0.5, 0.6) is 0 Å². The van der Waals surface area contributed by atoms with Crippen LogP contribution in [0.25, 0.3) is 11.6 Å². The quantitative estimate of drug-likeness (QED) is 0.457. The number of rotatable bonds is 6. The van der Waals surface area contributed by atoms with Crippen molar-refractivity contribution in [3.63, 3.8) is 0 Å². The number of ketones is 1. The lowest BCUT2D eigenvalue weighted by atomic mass is 9.86. The first-order chi connectivity index (χ1) is 13.0. The molecule has 1 aliphatic rings. The van der Waals surface area contributed by atoms with Crippen molar-refractivity contribution in [1.29, 1.82) is 0 Å². The second-order valence-corrected chi connectivity index (χ2v) is 8.03. The Balaban J connectivity index is 1.74. The highest BCUT2D eigenvalue weighted by molar-refractivity contribution is 8.00. The molecule has 0 spiro atoms. The van der Waals surface area contributed by atoms with Gasteiger partial charge in [-0.2, -0.15) is 0 Å². The Labute approximate surface area is 163 Å². The summed E-state index contributed by atoms with van der Waals surface area (Å²) in [5, 5.41) is 3.66. The van der Waals surface area contributed by atoms with Gasteiger partial charge in [0, 0.05) is 6.04 Å². The van der Waals surface area contributed by atoms with Gasteiger partial charge in [-0.1, -0.05) is 31.5 Å². The van der Waals surface area contributed by atoms with Crippen LogP contribution >= 0.6 is 11.8 Å². The molecule has 2 heterocycles. The van der Waals surface area contributed by atoms with Gasteiger partial charge >= 0.3 is 0 Å². The molecule has 2 atom stereocenters. The van der Waals surface area contributed by atoms with E-state index in [1.807, 2.05) is 0 Å². The van der Waals surface area contributed by atoms with Gasteiger partial charge in [-0.3, -0.25) is 9.59 Å². The van der Waals surface area contributed by atoms with Crippen LogP contribution in [0.1, 0.15) is 55.6 Å². The smallest absolute Gasteiger partial charge is 0.230 e. The van der Waals surface area contributed by atoms with Crippen LogP contribution in [0.3, 0.4) is 0 Å². The maximum Gasteiger partial charge on any atom is 0.230 e. The Morgan fingerprint density at radius 1 is 1.30 bits per heavy atom. The third kappa shape index (κ3) is 4.77. The van der Waals surface area contributed by atoms with E-state index in [1.54, 1.807) is 25.3 Å². The molecule has 1 fully saturated rings. The summed E-state index contributed by atoms with van der Waals surface area (Å²) in [6, 6.07) is 3.77. The molecular formula is C20H25N3O3S. The molecule has 1 aliphatic carbocycles. The molecule has 2 aromatic heterocycles. The molecule has 0 bridgehead atoms. The molecule has 27 heavy (non-hydrogen) atoms. The summed E-state index contributed by atoms with van der Waals surface area (Å²) in [7, 11) is 0. The normalized spacial score (nSPS) is 19.7. The molecule has 0 saturated heterocycles. The molecule has 1 saturated carbocycles. The van der Waals surface area contributed by atoms with Crippen molar-refractivity contribution in [2.24, 2.45) is 5.92 Å². The van der Waals surface area contributed by atoms with E-state index in [0.29, 0.717) is 33.8 Å². The zero-order valence-corrected chi connectivity index (χ0v) is 16.8. The minimum Gasteiger partial charge on any atom is -0.461 e. The lowest BCUT2D eigenvalue weighted by Gasteiger charge is -2.29. The summed E-state index contributed by atoms with van der Waals surface area (Å²) in [5.74, 6) is 1.55. The second kappa shape index (κ2) is 8.69. The van der Waals surface area contributed by atoms with Gasteiger partial charge in [0.2, 0.25) is 5.91 Å². The van der Waals surface area contributed by atoms with Gasteiger partial charge in [0.25, 0.3) is 0 Å². The van der Waals surface area contributed by atoms with Crippen LogP contribution < -0.4 is 5.32 Å². The number of amides is 1. The maximum absolute atomic E-state index is 12.4. The first-order valence-corrected chi connectivity index (χ1v) is 10.3. The van der Waals surface area contributed by atoms with E-state index in [9.17, 15) is 9.59 Å². The lowest BCUT2D eigenvalue weighted by Crippen LogP contribution is -2.41. The first-order valence-electron chi connectivity index (χ1n) is 9.31. The number of thioether (sulfide) groups is 1. The average Bonchev–Trinajstić information content (AvgIpc) is 3.16. The van der Waals surface area contributed by atoms with Crippen molar-refractivity contribution in [2.45, 2.75) is 57.5 Å². The van der Waals surface area contributed by atoms with Crippen LogP contribution in [-0.2, 0) is 4.79 Å². The first kappa shape index (κ1) is 19.6. The fourth-order valence-electron chi connectivity index (χ4n) is 3.49. The Kier molecular flexibility index (Phi) is 6.31. The monoisotopic (exact) mass is 387 g/mol. The molecule has 0 aromatic carbocycles. The van der Waals surface area contributed by atoms with Gasteiger partial charge in [0.15, 0.2) is 17.4 Å².